The van der Waals surface area contributed by atoms with Crippen molar-refractivity contribution >= 4 is 0 Å². The minimum Gasteiger partial charge on any atom is -0.387 e. The van der Waals surface area contributed by atoms with E-state index < -0.39 is 41.4 Å². The smallest absolute Gasteiger partial charge is 0.330 e. The van der Waals surface area contributed by atoms with E-state index in [1.807, 2.05) is 91.0 Å². The maximum Gasteiger partial charge on any atom is 0.330 e. The molecule has 1 aliphatic heterocycles. The molecule has 190 valence electrons. The number of hydrogen-bond acceptors (Lipinski definition) is 6. The van der Waals surface area contributed by atoms with E-state index in [0.717, 1.165) is 21.3 Å². The van der Waals surface area contributed by atoms with Crippen molar-refractivity contribution in [3.05, 3.63) is 140 Å². The van der Waals surface area contributed by atoms with E-state index in [1.165, 1.54) is 6.20 Å². The first kappa shape index (κ1) is 24.9. The fraction of sp³-hybridized carbons (Fsp3) is 0.241. The topological polar surface area (TPSA) is 114 Å². The lowest BCUT2D eigenvalue weighted by Crippen LogP contribution is -2.40. The first-order chi connectivity index (χ1) is 17.9. The van der Waals surface area contributed by atoms with E-state index in [0.29, 0.717) is 0 Å². The molecule has 37 heavy (non-hydrogen) atoms. The maximum atomic E-state index is 12.4. The molecule has 0 bridgehead atoms. The van der Waals surface area contributed by atoms with Gasteiger partial charge in [0, 0.05) is 11.8 Å². The highest BCUT2D eigenvalue weighted by Crippen LogP contribution is 2.41. The highest BCUT2D eigenvalue weighted by Gasteiger charge is 2.46. The average Bonchev–Trinajstić information content (AvgIpc) is 3.21. The van der Waals surface area contributed by atoms with E-state index in [4.69, 9.17) is 9.47 Å². The third kappa shape index (κ3) is 4.56. The normalized spacial score (nSPS) is 21.7. The molecule has 1 saturated heterocycles. The van der Waals surface area contributed by atoms with Crippen molar-refractivity contribution < 1.29 is 19.7 Å². The van der Waals surface area contributed by atoms with Gasteiger partial charge >= 0.3 is 5.69 Å². The van der Waals surface area contributed by atoms with Crippen LogP contribution < -0.4 is 11.2 Å². The van der Waals surface area contributed by atoms with E-state index in [2.05, 4.69) is 4.98 Å². The Labute approximate surface area is 213 Å². The van der Waals surface area contributed by atoms with E-state index >= 15 is 0 Å². The second kappa shape index (κ2) is 10.3. The van der Waals surface area contributed by atoms with Gasteiger partial charge in [0.2, 0.25) is 0 Å². The molecule has 0 spiro atoms. The zero-order valence-corrected chi connectivity index (χ0v) is 20.2. The van der Waals surface area contributed by atoms with Gasteiger partial charge in [0.05, 0.1) is 6.61 Å². The fourth-order valence-corrected chi connectivity index (χ4v) is 4.85. The van der Waals surface area contributed by atoms with Crippen LogP contribution in [0.4, 0.5) is 0 Å². The highest BCUT2D eigenvalue weighted by atomic mass is 16.6. The second-order valence-electron chi connectivity index (χ2n) is 9.12. The van der Waals surface area contributed by atoms with Crippen molar-refractivity contribution in [1.82, 2.24) is 9.55 Å². The van der Waals surface area contributed by atoms with Gasteiger partial charge < -0.3 is 19.7 Å². The number of aromatic nitrogens is 2. The lowest BCUT2D eigenvalue weighted by atomic mass is 9.80. The van der Waals surface area contributed by atoms with Gasteiger partial charge in [0.1, 0.15) is 23.9 Å². The number of rotatable bonds is 7. The molecule has 1 aliphatic rings. The van der Waals surface area contributed by atoms with Gasteiger partial charge in [-0.15, -0.1) is 0 Å². The molecular weight excluding hydrogens is 472 g/mol. The summed E-state index contributed by atoms with van der Waals surface area (Å²) in [5, 5.41) is 21.6. The molecule has 1 fully saturated rings. The quantitative estimate of drug-likeness (QED) is 0.336. The van der Waals surface area contributed by atoms with Gasteiger partial charge in [-0.1, -0.05) is 91.0 Å². The number of aryl methyl sites for hydroxylation is 1. The van der Waals surface area contributed by atoms with Crippen LogP contribution in [0.3, 0.4) is 0 Å². The Hall–Kier alpha value is -3.82. The molecule has 2 unspecified atom stereocenters. The van der Waals surface area contributed by atoms with Gasteiger partial charge in [-0.2, -0.15) is 0 Å². The lowest BCUT2D eigenvalue weighted by molar-refractivity contribution is -0.0959. The minimum atomic E-state index is -1.41. The van der Waals surface area contributed by atoms with Crippen LogP contribution in [0.15, 0.2) is 107 Å². The Balaban J connectivity index is 1.53. The summed E-state index contributed by atoms with van der Waals surface area (Å²) in [7, 11) is 0. The van der Waals surface area contributed by atoms with Crippen LogP contribution in [0.1, 0.15) is 28.5 Å². The molecule has 8 nitrogen and oxygen atoms in total. The average molecular weight is 501 g/mol. The van der Waals surface area contributed by atoms with Crippen LogP contribution in [0, 0.1) is 6.92 Å². The van der Waals surface area contributed by atoms with Crippen molar-refractivity contribution in [3.8, 4) is 0 Å². The molecule has 3 N–H and O–H groups in total. The largest absolute Gasteiger partial charge is 0.387 e. The SMILES string of the molecule is Cc1cn([C@@H]2O[C@H](COC(c3ccccc3)(c3ccccc3)c3ccccc3)C(O)C2O)c(=O)[nH]c1=O. The number of ether oxygens (including phenoxy) is 2. The number of aliphatic hydroxyl groups excluding tert-OH is 2. The predicted octanol–water partition coefficient (Wildman–Crippen LogP) is 2.47. The Morgan fingerprint density at radius 3 is 1.81 bits per heavy atom. The van der Waals surface area contributed by atoms with Gasteiger partial charge in [-0.3, -0.25) is 14.3 Å². The Kier molecular flexibility index (Phi) is 6.90. The molecule has 5 rings (SSSR count). The van der Waals surface area contributed by atoms with Gasteiger partial charge in [-0.05, 0) is 23.6 Å². The van der Waals surface area contributed by atoms with Crippen molar-refractivity contribution in [2.24, 2.45) is 0 Å². The molecule has 0 radical (unpaired) electrons. The molecular formula is C29H28N2O6. The molecule has 1 aromatic heterocycles. The highest BCUT2D eigenvalue weighted by molar-refractivity contribution is 5.47. The van der Waals surface area contributed by atoms with E-state index in [1.54, 1.807) is 6.92 Å². The zero-order valence-electron chi connectivity index (χ0n) is 20.2. The van der Waals surface area contributed by atoms with Crippen molar-refractivity contribution in [3.63, 3.8) is 0 Å². The Morgan fingerprint density at radius 1 is 0.838 bits per heavy atom. The number of H-pyrrole nitrogens is 1. The summed E-state index contributed by atoms with van der Waals surface area (Å²) < 4.78 is 13.8. The van der Waals surface area contributed by atoms with Gasteiger partial charge in [0.25, 0.3) is 5.56 Å². The molecule has 4 atom stereocenters. The summed E-state index contributed by atoms with van der Waals surface area (Å²) in [6.45, 7) is 1.45. The summed E-state index contributed by atoms with van der Waals surface area (Å²) in [5.41, 5.74) is 0.619. The predicted molar refractivity (Wildman–Crippen MR) is 137 cm³/mol. The fourth-order valence-electron chi connectivity index (χ4n) is 4.85. The second-order valence-corrected chi connectivity index (χ2v) is 9.12. The first-order valence-corrected chi connectivity index (χ1v) is 12.1. The number of aromatic amines is 1. The van der Waals surface area contributed by atoms with Crippen LogP contribution in [0.5, 0.6) is 0 Å². The molecule has 0 saturated carbocycles. The van der Waals surface area contributed by atoms with Gasteiger partial charge in [-0.25, -0.2) is 4.79 Å². The molecule has 4 aromatic rings. The Morgan fingerprint density at radius 2 is 1.32 bits per heavy atom. The third-order valence-corrected chi connectivity index (χ3v) is 6.76. The molecule has 3 aromatic carbocycles. The zero-order chi connectivity index (χ0) is 26.0. The summed E-state index contributed by atoms with van der Waals surface area (Å²) >= 11 is 0. The van der Waals surface area contributed by atoms with Crippen LogP contribution >= 0.6 is 0 Å². The number of nitrogens with zero attached hydrogens (tertiary/aromatic N) is 1. The molecule has 0 aliphatic carbocycles. The third-order valence-electron chi connectivity index (χ3n) is 6.76. The van der Waals surface area contributed by atoms with Crippen molar-refractivity contribution in [2.75, 3.05) is 6.61 Å². The number of benzene rings is 3. The summed E-state index contributed by atoms with van der Waals surface area (Å²) in [5.74, 6) is 0. The summed E-state index contributed by atoms with van der Waals surface area (Å²) in [4.78, 5) is 26.4. The number of aliphatic hydroxyl groups is 2. The number of nitrogens with one attached hydrogen (secondary N) is 1. The van der Waals surface area contributed by atoms with Crippen LogP contribution in [-0.2, 0) is 15.1 Å². The van der Waals surface area contributed by atoms with Crippen LogP contribution in [0.2, 0.25) is 0 Å². The first-order valence-electron chi connectivity index (χ1n) is 12.1. The molecule has 2 heterocycles. The number of hydrogen-bond donors (Lipinski definition) is 3. The van der Waals surface area contributed by atoms with Crippen LogP contribution in [0.25, 0.3) is 0 Å². The lowest BCUT2D eigenvalue weighted by Gasteiger charge is -2.37. The van der Waals surface area contributed by atoms with Crippen molar-refractivity contribution in [1.29, 1.82) is 0 Å². The van der Waals surface area contributed by atoms with E-state index in [-0.39, 0.29) is 12.2 Å². The summed E-state index contributed by atoms with van der Waals surface area (Å²) in [6, 6.07) is 29.3. The standard InChI is InChI=1S/C29H28N2O6/c1-19-17-31(28(35)30-26(19)34)27-25(33)24(32)23(37-27)18-36-29(20-11-5-2-6-12-20,21-13-7-3-8-14-21)22-15-9-4-10-16-22/h2-17,23-25,27,32-33H,18H2,1H3,(H,30,34,35)/t23-,24?,25?,27-/m1/s1. The van der Waals surface area contributed by atoms with Crippen LogP contribution in [-0.4, -0.2) is 44.7 Å². The summed E-state index contributed by atoms with van der Waals surface area (Å²) in [6.07, 6.45) is -3.56. The molecule has 0 amide bonds. The monoisotopic (exact) mass is 500 g/mol. The minimum absolute atomic E-state index is 0.0928. The van der Waals surface area contributed by atoms with Crippen molar-refractivity contribution in [2.45, 2.75) is 37.1 Å². The maximum absolute atomic E-state index is 12.4. The molecule has 8 heteroatoms. The Bertz CT molecular complexity index is 1360. The van der Waals surface area contributed by atoms with E-state index in [9.17, 15) is 19.8 Å². The van der Waals surface area contributed by atoms with Gasteiger partial charge in [0.15, 0.2) is 6.23 Å².